The van der Waals surface area contributed by atoms with Crippen molar-refractivity contribution < 1.29 is 19.8 Å². The molecule has 0 fully saturated rings. The smallest absolute Gasteiger partial charge is 0.320 e. The molecule has 6 heteroatoms. The number of rotatable bonds is 8. The molecule has 0 saturated carbocycles. The van der Waals surface area contributed by atoms with Crippen molar-refractivity contribution in [3.8, 4) is 0 Å². The summed E-state index contributed by atoms with van der Waals surface area (Å²) in [7, 11) is 0. The number of thioether (sulfide) groups is 1. The highest BCUT2D eigenvalue weighted by atomic mass is 32.2. The minimum atomic E-state index is -1.15. The minimum Gasteiger partial charge on any atom is -0.481 e. The Balaban J connectivity index is 4.04. The van der Waals surface area contributed by atoms with Crippen LogP contribution in [0.4, 0.5) is 0 Å². The maximum atomic E-state index is 10.8. The van der Waals surface area contributed by atoms with Crippen molar-refractivity contribution in [2.24, 2.45) is 11.7 Å². The number of nitrogens with two attached hydrogens (primary N) is 1. The van der Waals surface area contributed by atoms with Gasteiger partial charge in [0.1, 0.15) is 6.04 Å². The summed E-state index contributed by atoms with van der Waals surface area (Å²) in [6.07, 6.45) is 3.19. The van der Waals surface area contributed by atoms with E-state index in [1.54, 1.807) is 11.8 Å². The number of carbonyl (C=O) groups is 2. The lowest BCUT2D eigenvalue weighted by molar-refractivity contribution is -0.143. The van der Waals surface area contributed by atoms with Crippen LogP contribution in [0.1, 0.15) is 19.3 Å². The number of hydrogen-bond donors (Lipinski definition) is 3. The summed E-state index contributed by atoms with van der Waals surface area (Å²) in [5.41, 5.74) is 5.29. The van der Waals surface area contributed by atoms with Crippen molar-refractivity contribution in [3.05, 3.63) is 0 Å². The summed E-state index contributed by atoms with van der Waals surface area (Å²) in [5, 5.41) is 17.4. The van der Waals surface area contributed by atoms with Crippen molar-refractivity contribution in [2.75, 3.05) is 12.0 Å². The third-order valence-corrected chi connectivity index (χ3v) is 2.80. The summed E-state index contributed by atoms with van der Waals surface area (Å²) in [6, 6.07) is -1.08. The molecule has 0 rings (SSSR count). The van der Waals surface area contributed by atoms with Crippen LogP contribution in [0.15, 0.2) is 0 Å². The molecule has 0 aliphatic carbocycles. The summed E-state index contributed by atoms with van der Waals surface area (Å²) in [4.78, 5) is 21.3. The fourth-order valence-electron chi connectivity index (χ4n) is 1.22. The van der Waals surface area contributed by atoms with Gasteiger partial charge in [-0.05, 0) is 31.3 Å². The Labute approximate surface area is 93.0 Å². The van der Waals surface area contributed by atoms with Crippen molar-refractivity contribution in [2.45, 2.75) is 25.3 Å². The lowest BCUT2D eigenvalue weighted by Gasteiger charge is -2.14. The average Bonchev–Trinajstić information content (AvgIpc) is 2.15. The molecule has 0 aromatic heterocycles. The van der Waals surface area contributed by atoms with Crippen LogP contribution in [0.3, 0.4) is 0 Å². The third-order valence-electron chi connectivity index (χ3n) is 2.11. The highest BCUT2D eigenvalue weighted by Crippen LogP contribution is 2.15. The van der Waals surface area contributed by atoms with Gasteiger partial charge >= 0.3 is 11.9 Å². The second-order valence-electron chi connectivity index (χ2n) is 3.35. The van der Waals surface area contributed by atoms with Crippen LogP contribution in [-0.4, -0.2) is 40.2 Å². The molecule has 88 valence electrons. The van der Waals surface area contributed by atoms with E-state index in [-0.39, 0.29) is 6.42 Å². The molecule has 2 atom stereocenters. The number of aliphatic carboxylic acids is 2. The normalized spacial score (nSPS) is 14.5. The van der Waals surface area contributed by atoms with Crippen LogP contribution >= 0.6 is 11.8 Å². The Bertz CT molecular complexity index is 222. The van der Waals surface area contributed by atoms with Crippen LogP contribution < -0.4 is 5.73 Å². The highest BCUT2D eigenvalue weighted by Gasteiger charge is 2.23. The Hall–Kier alpha value is -0.750. The van der Waals surface area contributed by atoms with Gasteiger partial charge < -0.3 is 15.9 Å². The van der Waals surface area contributed by atoms with E-state index in [2.05, 4.69) is 0 Å². The van der Waals surface area contributed by atoms with Crippen LogP contribution in [0.25, 0.3) is 0 Å². The highest BCUT2D eigenvalue weighted by molar-refractivity contribution is 7.98. The summed E-state index contributed by atoms with van der Waals surface area (Å²) < 4.78 is 0. The lowest BCUT2D eigenvalue weighted by Crippen LogP contribution is -2.34. The predicted octanol–water partition coefficient (Wildman–Crippen LogP) is 0.632. The fraction of sp³-hybridized carbons (Fsp3) is 0.778. The molecule has 0 radical (unpaired) electrons. The first-order valence-electron chi connectivity index (χ1n) is 4.69. The monoisotopic (exact) mass is 235 g/mol. The summed E-state index contributed by atoms with van der Waals surface area (Å²) in [5.74, 6) is -1.88. The van der Waals surface area contributed by atoms with E-state index in [4.69, 9.17) is 15.9 Å². The van der Waals surface area contributed by atoms with Crippen molar-refractivity contribution in [1.29, 1.82) is 0 Å². The molecule has 5 nitrogen and oxygen atoms in total. The molecular formula is C9H17NO4S. The number of carboxylic acid groups (broad SMARTS) is 2. The predicted molar refractivity (Wildman–Crippen MR) is 59.0 cm³/mol. The van der Waals surface area contributed by atoms with Gasteiger partial charge in [-0.3, -0.25) is 9.59 Å². The minimum absolute atomic E-state index is 0.000945. The molecule has 0 aliphatic heterocycles. The van der Waals surface area contributed by atoms with Crippen LogP contribution in [-0.2, 0) is 9.59 Å². The largest absolute Gasteiger partial charge is 0.481 e. The topological polar surface area (TPSA) is 101 Å². The SMILES string of the molecule is CSCCCC(C[C@@H](N)C(=O)O)C(=O)O. The van der Waals surface area contributed by atoms with E-state index in [1.807, 2.05) is 6.26 Å². The van der Waals surface area contributed by atoms with E-state index in [1.165, 1.54) is 0 Å². The molecular weight excluding hydrogens is 218 g/mol. The standard InChI is InChI=1S/C9H17NO4S/c1-15-4-2-3-6(8(11)12)5-7(10)9(13)14/h6-7H,2-5,10H2,1H3,(H,11,12)(H,13,14)/t6?,7-/m1/s1. The van der Waals surface area contributed by atoms with Crippen molar-refractivity contribution in [3.63, 3.8) is 0 Å². The van der Waals surface area contributed by atoms with Gasteiger partial charge in [-0.15, -0.1) is 0 Å². The molecule has 4 N–H and O–H groups in total. The second-order valence-corrected chi connectivity index (χ2v) is 4.34. The van der Waals surface area contributed by atoms with Gasteiger partial charge in [0.25, 0.3) is 0 Å². The molecule has 0 aromatic rings. The first-order valence-corrected chi connectivity index (χ1v) is 6.08. The van der Waals surface area contributed by atoms with Crippen LogP contribution in [0.2, 0.25) is 0 Å². The number of hydrogen-bond acceptors (Lipinski definition) is 4. The Morgan fingerprint density at radius 3 is 2.33 bits per heavy atom. The molecule has 0 aromatic carbocycles. The van der Waals surface area contributed by atoms with Gasteiger partial charge in [0, 0.05) is 0 Å². The van der Waals surface area contributed by atoms with E-state index in [0.29, 0.717) is 6.42 Å². The first kappa shape index (κ1) is 14.2. The summed E-state index contributed by atoms with van der Waals surface area (Å²) in [6.45, 7) is 0. The zero-order valence-corrected chi connectivity index (χ0v) is 9.50. The lowest BCUT2D eigenvalue weighted by atomic mass is 9.96. The van der Waals surface area contributed by atoms with Gasteiger partial charge in [0.2, 0.25) is 0 Å². The Morgan fingerprint density at radius 1 is 1.33 bits per heavy atom. The molecule has 0 spiro atoms. The quantitative estimate of drug-likeness (QED) is 0.533. The molecule has 1 unspecified atom stereocenters. The first-order chi connectivity index (χ1) is 6.99. The Morgan fingerprint density at radius 2 is 1.93 bits per heavy atom. The zero-order chi connectivity index (χ0) is 11.8. The zero-order valence-electron chi connectivity index (χ0n) is 8.68. The second kappa shape index (κ2) is 7.53. The molecule has 0 saturated heterocycles. The van der Waals surface area contributed by atoms with Gasteiger partial charge in [-0.1, -0.05) is 0 Å². The summed E-state index contributed by atoms with van der Waals surface area (Å²) >= 11 is 1.64. The van der Waals surface area contributed by atoms with Gasteiger partial charge in [0.15, 0.2) is 0 Å². The van der Waals surface area contributed by atoms with Gasteiger partial charge in [-0.25, -0.2) is 0 Å². The maximum Gasteiger partial charge on any atom is 0.320 e. The van der Waals surface area contributed by atoms with Crippen LogP contribution in [0.5, 0.6) is 0 Å². The molecule has 0 aliphatic rings. The maximum absolute atomic E-state index is 10.8. The van der Waals surface area contributed by atoms with Gasteiger partial charge in [-0.2, -0.15) is 11.8 Å². The Kier molecular flexibility index (Phi) is 7.15. The molecule has 15 heavy (non-hydrogen) atoms. The van der Waals surface area contributed by atoms with E-state index in [9.17, 15) is 9.59 Å². The average molecular weight is 235 g/mol. The van der Waals surface area contributed by atoms with Crippen LogP contribution in [0, 0.1) is 5.92 Å². The van der Waals surface area contributed by atoms with E-state index >= 15 is 0 Å². The van der Waals surface area contributed by atoms with Crippen molar-refractivity contribution in [1.82, 2.24) is 0 Å². The number of carboxylic acids is 2. The molecule has 0 heterocycles. The fourth-order valence-corrected chi connectivity index (χ4v) is 1.68. The molecule has 0 bridgehead atoms. The van der Waals surface area contributed by atoms with Gasteiger partial charge in [0.05, 0.1) is 5.92 Å². The third kappa shape index (κ3) is 6.35. The van der Waals surface area contributed by atoms with E-state index in [0.717, 1.165) is 12.2 Å². The van der Waals surface area contributed by atoms with E-state index < -0.39 is 23.9 Å². The van der Waals surface area contributed by atoms with Crippen molar-refractivity contribution >= 4 is 23.7 Å². The molecule has 0 amide bonds.